The SMILES string of the molecule is COCC1C[N]CC1N. The summed E-state index contributed by atoms with van der Waals surface area (Å²) in [5, 5.41) is 4.16. The van der Waals surface area contributed by atoms with Crippen LogP contribution in [0.1, 0.15) is 0 Å². The first kappa shape index (κ1) is 6.99. The molecule has 1 saturated heterocycles. The van der Waals surface area contributed by atoms with Crippen LogP contribution in [0.5, 0.6) is 0 Å². The van der Waals surface area contributed by atoms with Gasteiger partial charge < -0.3 is 10.5 Å². The summed E-state index contributed by atoms with van der Waals surface area (Å²) >= 11 is 0. The lowest BCUT2D eigenvalue weighted by Gasteiger charge is -2.10. The monoisotopic (exact) mass is 129 g/mol. The maximum absolute atomic E-state index is 5.69. The molecule has 9 heavy (non-hydrogen) atoms. The topological polar surface area (TPSA) is 49.4 Å². The third-order valence-corrected chi connectivity index (χ3v) is 1.69. The molecule has 0 aliphatic carbocycles. The highest BCUT2D eigenvalue weighted by Crippen LogP contribution is 2.07. The molecule has 2 atom stereocenters. The number of nitrogens with zero attached hydrogens (tertiary/aromatic N) is 1. The minimum atomic E-state index is 0.241. The first-order valence-corrected chi connectivity index (χ1v) is 3.22. The second-order valence-corrected chi connectivity index (χ2v) is 2.47. The van der Waals surface area contributed by atoms with Crippen molar-refractivity contribution in [3.05, 3.63) is 0 Å². The van der Waals surface area contributed by atoms with Crippen molar-refractivity contribution in [3.8, 4) is 0 Å². The summed E-state index contributed by atoms with van der Waals surface area (Å²) in [7, 11) is 1.70. The van der Waals surface area contributed by atoms with Gasteiger partial charge in [-0.25, -0.2) is 5.32 Å². The van der Waals surface area contributed by atoms with Gasteiger partial charge in [0, 0.05) is 32.2 Å². The van der Waals surface area contributed by atoms with E-state index in [0.29, 0.717) is 5.92 Å². The number of rotatable bonds is 2. The minimum absolute atomic E-state index is 0.241. The van der Waals surface area contributed by atoms with Crippen LogP contribution in [0.25, 0.3) is 0 Å². The highest BCUT2D eigenvalue weighted by atomic mass is 16.5. The molecule has 3 heteroatoms. The summed E-state index contributed by atoms with van der Waals surface area (Å²) in [4.78, 5) is 0. The van der Waals surface area contributed by atoms with Crippen molar-refractivity contribution in [2.45, 2.75) is 6.04 Å². The van der Waals surface area contributed by atoms with E-state index in [0.717, 1.165) is 19.7 Å². The van der Waals surface area contributed by atoms with E-state index in [4.69, 9.17) is 10.5 Å². The summed E-state index contributed by atoms with van der Waals surface area (Å²) in [6, 6.07) is 0.241. The molecule has 2 unspecified atom stereocenters. The van der Waals surface area contributed by atoms with Crippen LogP contribution in [0.2, 0.25) is 0 Å². The van der Waals surface area contributed by atoms with E-state index in [-0.39, 0.29) is 6.04 Å². The molecule has 53 valence electrons. The third-order valence-electron chi connectivity index (χ3n) is 1.69. The number of hydrogen-bond donors (Lipinski definition) is 1. The van der Waals surface area contributed by atoms with Crippen LogP contribution in [-0.4, -0.2) is 32.8 Å². The zero-order chi connectivity index (χ0) is 6.69. The van der Waals surface area contributed by atoms with Crippen molar-refractivity contribution in [1.29, 1.82) is 0 Å². The lowest BCUT2D eigenvalue weighted by molar-refractivity contribution is 0.153. The molecule has 0 saturated carbocycles. The zero-order valence-electron chi connectivity index (χ0n) is 5.71. The molecular weight excluding hydrogens is 116 g/mol. The van der Waals surface area contributed by atoms with Crippen LogP contribution in [0.4, 0.5) is 0 Å². The summed E-state index contributed by atoms with van der Waals surface area (Å²) in [5.41, 5.74) is 5.69. The fourth-order valence-electron chi connectivity index (χ4n) is 1.06. The number of nitrogens with two attached hydrogens (primary N) is 1. The highest BCUT2D eigenvalue weighted by Gasteiger charge is 2.23. The van der Waals surface area contributed by atoms with Crippen LogP contribution in [0, 0.1) is 5.92 Å². The van der Waals surface area contributed by atoms with Gasteiger partial charge in [0.1, 0.15) is 0 Å². The van der Waals surface area contributed by atoms with Gasteiger partial charge >= 0.3 is 0 Å². The van der Waals surface area contributed by atoms with Crippen LogP contribution >= 0.6 is 0 Å². The summed E-state index contributed by atoms with van der Waals surface area (Å²) < 4.78 is 4.96. The Morgan fingerprint density at radius 1 is 1.67 bits per heavy atom. The Bertz CT molecular complexity index is 87.1. The number of methoxy groups -OCH3 is 1. The van der Waals surface area contributed by atoms with Gasteiger partial charge in [-0.3, -0.25) is 0 Å². The van der Waals surface area contributed by atoms with Gasteiger partial charge in [-0.05, 0) is 0 Å². The summed E-state index contributed by atoms with van der Waals surface area (Å²) in [6.45, 7) is 2.45. The predicted molar refractivity (Wildman–Crippen MR) is 35.2 cm³/mol. The van der Waals surface area contributed by atoms with Gasteiger partial charge in [0.15, 0.2) is 0 Å². The highest BCUT2D eigenvalue weighted by molar-refractivity contribution is 4.82. The number of ether oxygens (including phenoxy) is 1. The average molecular weight is 129 g/mol. The summed E-state index contributed by atoms with van der Waals surface area (Å²) in [6.07, 6.45) is 0. The van der Waals surface area contributed by atoms with E-state index in [9.17, 15) is 0 Å². The second kappa shape index (κ2) is 3.15. The van der Waals surface area contributed by atoms with E-state index in [1.807, 2.05) is 0 Å². The Labute approximate surface area is 55.6 Å². The smallest absolute Gasteiger partial charge is 0.0518 e. The van der Waals surface area contributed by atoms with E-state index >= 15 is 0 Å². The van der Waals surface area contributed by atoms with Gasteiger partial charge in [0.05, 0.1) is 6.61 Å². The van der Waals surface area contributed by atoms with Crippen molar-refractivity contribution in [2.75, 3.05) is 26.8 Å². The van der Waals surface area contributed by atoms with Crippen molar-refractivity contribution >= 4 is 0 Å². The van der Waals surface area contributed by atoms with Crippen molar-refractivity contribution in [2.24, 2.45) is 11.7 Å². The lowest BCUT2D eigenvalue weighted by atomic mass is 10.1. The van der Waals surface area contributed by atoms with Crippen LogP contribution in [-0.2, 0) is 4.74 Å². The number of hydrogen-bond acceptors (Lipinski definition) is 2. The maximum Gasteiger partial charge on any atom is 0.0518 e. The molecule has 2 N–H and O–H groups in total. The largest absolute Gasteiger partial charge is 0.384 e. The molecule has 1 heterocycles. The molecule has 1 radical (unpaired) electrons. The Morgan fingerprint density at radius 3 is 2.89 bits per heavy atom. The third kappa shape index (κ3) is 1.64. The van der Waals surface area contributed by atoms with Crippen molar-refractivity contribution < 1.29 is 4.74 Å². The predicted octanol–water partition coefficient (Wildman–Crippen LogP) is -0.806. The van der Waals surface area contributed by atoms with Gasteiger partial charge in [0.2, 0.25) is 0 Å². The van der Waals surface area contributed by atoms with E-state index in [2.05, 4.69) is 5.32 Å². The second-order valence-electron chi connectivity index (χ2n) is 2.47. The Balaban J connectivity index is 2.22. The van der Waals surface area contributed by atoms with E-state index in [1.54, 1.807) is 7.11 Å². The molecule has 0 aromatic rings. The van der Waals surface area contributed by atoms with Crippen LogP contribution in [0.15, 0.2) is 0 Å². The van der Waals surface area contributed by atoms with Crippen LogP contribution < -0.4 is 11.1 Å². The Morgan fingerprint density at radius 2 is 2.44 bits per heavy atom. The summed E-state index contributed by atoms with van der Waals surface area (Å²) in [5.74, 6) is 0.468. The van der Waals surface area contributed by atoms with Crippen LogP contribution in [0.3, 0.4) is 0 Å². The lowest BCUT2D eigenvalue weighted by Crippen LogP contribution is -2.31. The first-order chi connectivity index (χ1) is 4.34. The standard InChI is InChI=1S/C6H13N2O/c1-9-4-5-2-8-3-6(5)7/h5-6H,2-4,7H2,1H3. The quantitative estimate of drug-likeness (QED) is 0.530. The fourth-order valence-corrected chi connectivity index (χ4v) is 1.06. The Hall–Kier alpha value is -0.120. The minimum Gasteiger partial charge on any atom is -0.384 e. The first-order valence-electron chi connectivity index (χ1n) is 3.22. The van der Waals surface area contributed by atoms with Gasteiger partial charge in [-0.1, -0.05) is 0 Å². The fraction of sp³-hybridized carbons (Fsp3) is 1.00. The van der Waals surface area contributed by atoms with Gasteiger partial charge in [-0.2, -0.15) is 0 Å². The van der Waals surface area contributed by atoms with Gasteiger partial charge in [0.25, 0.3) is 0 Å². The molecule has 0 aromatic carbocycles. The maximum atomic E-state index is 5.69. The molecular formula is C6H13N2O. The Kier molecular flexibility index (Phi) is 2.45. The average Bonchev–Trinajstić information content (AvgIpc) is 2.18. The van der Waals surface area contributed by atoms with E-state index in [1.165, 1.54) is 0 Å². The molecule has 0 bridgehead atoms. The van der Waals surface area contributed by atoms with Crippen molar-refractivity contribution in [3.63, 3.8) is 0 Å². The molecule has 0 aromatic heterocycles. The zero-order valence-corrected chi connectivity index (χ0v) is 5.71. The molecule has 1 aliphatic rings. The molecule has 0 spiro atoms. The van der Waals surface area contributed by atoms with E-state index < -0.39 is 0 Å². The molecule has 3 nitrogen and oxygen atoms in total. The van der Waals surface area contributed by atoms with Crippen molar-refractivity contribution in [1.82, 2.24) is 5.32 Å². The van der Waals surface area contributed by atoms with Gasteiger partial charge in [-0.15, -0.1) is 0 Å². The normalized spacial score (nSPS) is 35.3. The molecule has 0 amide bonds. The molecule has 1 aliphatic heterocycles. The molecule has 1 rings (SSSR count). The molecule has 1 fully saturated rings.